The first-order valence-electron chi connectivity index (χ1n) is 8.05. The van der Waals surface area contributed by atoms with E-state index in [1.54, 1.807) is 19.2 Å². The maximum atomic E-state index is 12.6. The third-order valence-electron chi connectivity index (χ3n) is 4.50. The molecular weight excluding hydrogens is 312 g/mol. The molecule has 0 spiro atoms. The Morgan fingerprint density at radius 3 is 2.68 bits per heavy atom. The van der Waals surface area contributed by atoms with Gasteiger partial charge >= 0.3 is 0 Å². The van der Waals surface area contributed by atoms with Crippen LogP contribution in [-0.2, 0) is 11.3 Å². The molecule has 0 fully saturated rings. The normalized spacial score (nSPS) is 13.2. The Morgan fingerprint density at radius 2 is 1.96 bits per heavy atom. The van der Waals surface area contributed by atoms with Crippen molar-refractivity contribution in [2.45, 2.75) is 13.5 Å². The van der Waals surface area contributed by atoms with Gasteiger partial charge in [0, 0.05) is 22.9 Å². The zero-order valence-electron chi connectivity index (χ0n) is 13.8. The van der Waals surface area contributed by atoms with Crippen molar-refractivity contribution in [3.8, 4) is 11.3 Å². The van der Waals surface area contributed by atoms with Crippen LogP contribution >= 0.6 is 0 Å². The van der Waals surface area contributed by atoms with Crippen LogP contribution in [0, 0.1) is 0 Å². The van der Waals surface area contributed by atoms with Crippen molar-refractivity contribution in [2.75, 3.05) is 0 Å². The standard InChI is InChI=1S/C21H16N2O2/c1-13(2)20(24)23-12-18-16(21(23)25)9-8-14-6-7-15(11-17(14)18)19-5-3-4-10-22-19/h3-11H,1,12H2,2H3. The van der Waals surface area contributed by atoms with E-state index in [2.05, 4.69) is 11.6 Å². The summed E-state index contributed by atoms with van der Waals surface area (Å²) in [7, 11) is 0. The Balaban J connectivity index is 1.86. The maximum absolute atomic E-state index is 12.6. The van der Waals surface area contributed by atoms with Crippen molar-refractivity contribution in [2.24, 2.45) is 0 Å². The van der Waals surface area contributed by atoms with E-state index in [1.807, 2.05) is 42.5 Å². The summed E-state index contributed by atoms with van der Waals surface area (Å²) in [6.07, 6.45) is 1.76. The number of benzene rings is 2. The van der Waals surface area contributed by atoms with Gasteiger partial charge in [0.05, 0.1) is 12.2 Å². The van der Waals surface area contributed by atoms with E-state index in [1.165, 1.54) is 4.90 Å². The van der Waals surface area contributed by atoms with Gasteiger partial charge in [0.2, 0.25) is 0 Å². The van der Waals surface area contributed by atoms with E-state index in [-0.39, 0.29) is 18.4 Å². The van der Waals surface area contributed by atoms with Crippen LogP contribution in [-0.4, -0.2) is 21.7 Å². The second-order valence-electron chi connectivity index (χ2n) is 6.22. The van der Waals surface area contributed by atoms with Crippen LogP contribution in [0.4, 0.5) is 0 Å². The average Bonchev–Trinajstić information content (AvgIpc) is 2.98. The summed E-state index contributed by atoms with van der Waals surface area (Å²) < 4.78 is 0. The number of fused-ring (bicyclic) bond motifs is 3. The maximum Gasteiger partial charge on any atom is 0.261 e. The minimum absolute atomic E-state index is 0.256. The molecule has 0 saturated carbocycles. The lowest BCUT2D eigenvalue weighted by Crippen LogP contribution is -2.31. The first-order chi connectivity index (χ1) is 12.1. The summed E-state index contributed by atoms with van der Waals surface area (Å²) in [6.45, 7) is 5.56. The van der Waals surface area contributed by atoms with Gasteiger partial charge in [0.25, 0.3) is 11.8 Å². The molecule has 122 valence electrons. The molecule has 0 bridgehead atoms. The molecule has 4 nitrogen and oxygen atoms in total. The molecule has 0 radical (unpaired) electrons. The van der Waals surface area contributed by atoms with Crippen LogP contribution in [0.3, 0.4) is 0 Å². The van der Waals surface area contributed by atoms with Gasteiger partial charge in [-0.2, -0.15) is 0 Å². The van der Waals surface area contributed by atoms with Crippen LogP contribution in [0.15, 0.2) is 66.9 Å². The van der Waals surface area contributed by atoms with E-state index >= 15 is 0 Å². The minimum Gasteiger partial charge on any atom is -0.270 e. The molecular formula is C21H16N2O2. The first-order valence-corrected chi connectivity index (χ1v) is 8.05. The van der Waals surface area contributed by atoms with Crippen LogP contribution in [0.5, 0.6) is 0 Å². The summed E-state index contributed by atoms with van der Waals surface area (Å²) in [4.78, 5) is 30.5. The number of hydrogen-bond acceptors (Lipinski definition) is 3. The molecule has 1 aliphatic rings. The molecule has 25 heavy (non-hydrogen) atoms. The molecule has 3 aromatic rings. The Morgan fingerprint density at radius 1 is 1.16 bits per heavy atom. The molecule has 0 saturated heterocycles. The van der Waals surface area contributed by atoms with Gasteiger partial charge in [-0.05, 0) is 47.5 Å². The second kappa shape index (κ2) is 5.67. The van der Waals surface area contributed by atoms with E-state index in [9.17, 15) is 9.59 Å². The fourth-order valence-electron chi connectivity index (χ4n) is 3.22. The third-order valence-corrected chi connectivity index (χ3v) is 4.50. The summed E-state index contributed by atoms with van der Waals surface area (Å²) >= 11 is 0. The molecule has 0 aliphatic carbocycles. The number of rotatable bonds is 2. The monoisotopic (exact) mass is 328 g/mol. The second-order valence-corrected chi connectivity index (χ2v) is 6.22. The highest BCUT2D eigenvalue weighted by molar-refractivity contribution is 6.14. The lowest BCUT2D eigenvalue weighted by molar-refractivity contribution is -0.124. The van der Waals surface area contributed by atoms with Gasteiger partial charge in [-0.3, -0.25) is 19.5 Å². The van der Waals surface area contributed by atoms with E-state index in [0.29, 0.717) is 11.1 Å². The number of imide groups is 1. The molecule has 2 amide bonds. The van der Waals surface area contributed by atoms with E-state index in [0.717, 1.165) is 27.6 Å². The first kappa shape index (κ1) is 15.3. The Bertz CT molecular complexity index is 1040. The molecule has 2 aromatic carbocycles. The number of pyridine rings is 1. The summed E-state index contributed by atoms with van der Waals surface area (Å²) in [6, 6.07) is 15.6. The molecule has 0 unspecified atom stereocenters. The molecule has 0 atom stereocenters. The van der Waals surface area contributed by atoms with Gasteiger partial charge in [-0.1, -0.05) is 30.8 Å². The molecule has 0 N–H and O–H groups in total. The summed E-state index contributed by atoms with van der Waals surface area (Å²) in [5.41, 5.74) is 3.69. The van der Waals surface area contributed by atoms with Gasteiger partial charge < -0.3 is 0 Å². The number of amides is 2. The zero-order chi connectivity index (χ0) is 17.6. The average molecular weight is 328 g/mol. The predicted molar refractivity (Wildman–Crippen MR) is 96.9 cm³/mol. The van der Waals surface area contributed by atoms with Crippen LogP contribution < -0.4 is 0 Å². The van der Waals surface area contributed by atoms with Crippen LogP contribution in [0.2, 0.25) is 0 Å². The highest BCUT2D eigenvalue weighted by Crippen LogP contribution is 2.33. The fraction of sp³-hybridized carbons (Fsp3) is 0.0952. The van der Waals surface area contributed by atoms with Gasteiger partial charge in [-0.15, -0.1) is 0 Å². The lowest BCUT2D eigenvalue weighted by Gasteiger charge is -2.13. The van der Waals surface area contributed by atoms with Crippen molar-refractivity contribution < 1.29 is 9.59 Å². The molecule has 4 heteroatoms. The number of carbonyl (C=O) groups is 2. The zero-order valence-corrected chi connectivity index (χ0v) is 13.8. The highest BCUT2D eigenvalue weighted by Gasteiger charge is 2.33. The van der Waals surface area contributed by atoms with Gasteiger partial charge in [0.1, 0.15) is 0 Å². The summed E-state index contributed by atoms with van der Waals surface area (Å²) in [5.74, 6) is -0.580. The van der Waals surface area contributed by atoms with Crippen molar-refractivity contribution in [1.82, 2.24) is 9.88 Å². The lowest BCUT2D eigenvalue weighted by atomic mass is 9.98. The molecule has 2 heterocycles. The SMILES string of the molecule is C=C(C)C(=O)N1Cc2c(ccc3ccc(-c4ccccn4)cc23)C1=O. The third kappa shape index (κ3) is 2.43. The quantitative estimate of drug-likeness (QED) is 0.669. The number of carbonyl (C=O) groups excluding carboxylic acids is 2. The van der Waals surface area contributed by atoms with Gasteiger partial charge in [-0.25, -0.2) is 0 Å². The number of nitrogens with zero attached hydrogens (tertiary/aromatic N) is 2. The molecule has 1 aliphatic heterocycles. The van der Waals surface area contributed by atoms with Crippen LogP contribution in [0.25, 0.3) is 22.0 Å². The van der Waals surface area contributed by atoms with E-state index in [4.69, 9.17) is 0 Å². The Kier molecular flexibility index (Phi) is 3.46. The van der Waals surface area contributed by atoms with Crippen molar-refractivity contribution in [1.29, 1.82) is 0 Å². The fourth-order valence-corrected chi connectivity index (χ4v) is 3.22. The van der Waals surface area contributed by atoms with E-state index < -0.39 is 0 Å². The summed E-state index contributed by atoms with van der Waals surface area (Å²) in [5, 5.41) is 2.02. The Labute approximate surface area is 145 Å². The van der Waals surface area contributed by atoms with Crippen molar-refractivity contribution >= 4 is 22.6 Å². The van der Waals surface area contributed by atoms with Crippen LogP contribution in [0.1, 0.15) is 22.8 Å². The molecule has 4 rings (SSSR count). The number of aromatic nitrogens is 1. The highest BCUT2D eigenvalue weighted by atomic mass is 16.2. The predicted octanol–water partition coefficient (Wildman–Crippen LogP) is 3.96. The Hall–Kier alpha value is -3.27. The topological polar surface area (TPSA) is 50.3 Å². The number of hydrogen-bond donors (Lipinski definition) is 0. The minimum atomic E-state index is -0.324. The largest absolute Gasteiger partial charge is 0.270 e. The van der Waals surface area contributed by atoms with Gasteiger partial charge in [0.15, 0.2) is 0 Å². The molecule has 1 aromatic heterocycles. The van der Waals surface area contributed by atoms with Crippen molar-refractivity contribution in [3.63, 3.8) is 0 Å². The van der Waals surface area contributed by atoms with Crippen molar-refractivity contribution in [3.05, 3.63) is 78.0 Å². The smallest absolute Gasteiger partial charge is 0.261 e.